The Labute approximate surface area is 243 Å². The number of hydrogen-bond donors (Lipinski definition) is 0. The Hall–Kier alpha value is -5.20. The summed E-state index contributed by atoms with van der Waals surface area (Å²) in [5.74, 6) is 0. The van der Waals surface area contributed by atoms with Gasteiger partial charge in [-0.3, -0.25) is 0 Å². The number of benzene rings is 8. The van der Waals surface area contributed by atoms with E-state index < -0.39 is 0 Å². The lowest BCUT2D eigenvalue weighted by atomic mass is 9.84. The maximum atomic E-state index is 9.76. The van der Waals surface area contributed by atoms with Crippen LogP contribution in [0.1, 0.15) is 9.60 Å². The number of fused-ring (bicyclic) bond motifs is 4. The summed E-state index contributed by atoms with van der Waals surface area (Å²) < 4.78 is 64.6. The lowest BCUT2D eigenvalue weighted by Crippen LogP contribution is -1.92. The van der Waals surface area contributed by atoms with Crippen molar-refractivity contribution in [3.63, 3.8) is 0 Å². The van der Waals surface area contributed by atoms with Crippen LogP contribution in [-0.2, 0) is 0 Å². The quantitative estimate of drug-likeness (QED) is 0.206. The second-order valence-corrected chi connectivity index (χ2v) is 9.99. The van der Waals surface area contributed by atoms with Crippen LogP contribution in [0.2, 0.25) is 0 Å². The maximum Gasteiger partial charge on any atom is 0.0636 e. The average Bonchev–Trinajstić information content (AvgIpc) is 3.11. The van der Waals surface area contributed by atoms with Gasteiger partial charge in [0.1, 0.15) is 0 Å². The van der Waals surface area contributed by atoms with Crippen molar-refractivity contribution >= 4 is 43.1 Å². The molecular weight excluding hydrogens is 480 g/mol. The minimum Gasteiger partial charge on any atom is -0.0622 e. The Morgan fingerprint density at radius 3 is 1.45 bits per heavy atom. The van der Waals surface area contributed by atoms with Gasteiger partial charge in [0, 0.05) is 0 Å². The third kappa shape index (κ3) is 3.69. The topological polar surface area (TPSA) is 0 Å². The van der Waals surface area contributed by atoms with Crippen molar-refractivity contribution in [1.82, 2.24) is 0 Å². The first-order chi connectivity index (χ1) is 22.8. The van der Waals surface area contributed by atoms with E-state index in [0.717, 1.165) is 21.5 Å². The molecule has 0 amide bonds. The van der Waals surface area contributed by atoms with E-state index in [1.165, 1.54) is 0 Å². The molecule has 186 valence electrons. The Morgan fingerprint density at radius 1 is 0.350 bits per heavy atom. The van der Waals surface area contributed by atoms with Crippen LogP contribution in [0.25, 0.3) is 76.5 Å². The van der Waals surface area contributed by atoms with Crippen LogP contribution in [0.4, 0.5) is 0 Å². The van der Waals surface area contributed by atoms with Gasteiger partial charge in [-0.25, -0.2) is 0 Å². The Bertz CT molecular complexity index is 2590. The van der Waals surface area contributed by atoms with Crippen molar-refractivity contribution in [2.24, 2.45) is 0 Å². The minimum absolute atomic E-state index is 0.0340. The maximum absolute atomic E-state index is 9.76. The molecule has 0 radical (unpaired) electrons. The van der Waals surface area contributed by atoms with Crippen molar-refractivity contribution < 1.29 is 9.60 Å². The van der Waals surface area contributed by atoms with Gasteiger partial charge in [-0.2, -0.15) is 0 Å². The normalized spacial score (nSPS) is 13.9. The molecule has 0 atom stereocenters. The molecule has 0 aliphatic rings. The Kier molecular flexibility index (Phi) is 3.85. The van der Waals surface area contributed by atoms with Gasteiger partial charge >= 0.3 is 0 Å². The van der Waals surface area contributed by atoms with Crippen molar-refractivity contribution in [3.8, 4) is 33.4 Å². The summed E-state index contributed by atoms with van der Waals surface area (Å²) in [5.41, 5.74) is 3.11. The molecule has 8 aromatic rings. The number of hydrogen-bond acceptors (Lipinski definition) is 0. The monoisotopic (exact) mass is 513 g/mol. The molecule has 0 aliphatic heterocycles. The number of rotatable bonds is 3. The first-order valence-electron chi connectivity index (χ1n) is 16.8. The van der Waals surface area contributed by atoms with Crippen LogP contribution in [0.15, 0.2) is 158 Å². The zero-order valence-corrected chi connectivity index (χ0v) is 21.5. The molecule has 0 saturated heterocycles. The zero-order chi connectivity index (χ0) is 32.6. The summed E-state index contributed by atoms with van der Waals surface area (Å²) in [7, 11) is 0. The molecule has 0 saturated carbocycles. The van der Waals surface area contributed by atoms with Gasteiger partial charge in [0.2, 0.25) is 0 Å². The summed E-state index contributed by atoms with van der Waals surface area (Å²) in [6.07, 6.45) is 0. The second-order valence-electron chi connectivity index (χ2n) is 9.99. The molecule has 40 heavy (non-hydrogen) atoms. The van der Waals surface area contributed by atoms with Crippen molar-refractivity contribution in [2.75, 3.05) is 0 Å². The third-order valence-electron chi connectivity index (χ3n) is 7.64. The summed E-state index contributed by atoms with van der Waals surface area (Å²) in [6.45, 7) is 0. The van der Waals surface area contributed by atoms with Gasteiger partial charge in [-0.15, -0.1) is 0 Å². The van der Waals surface area contributed by atoms with Gasteiger partial charge in [0.25, 0.3) is 0 Å². The van der Waals surface area contributed by atoms with E-state index in [1.807, 2.05) is 115 Å². The van der Waals surface area contributed by atoms with Gasteiger partial charge < -0.3 is 0 Å². The molecule has 0 aliphatic carbocycles. The Balaban J connectivity index is 1.69. The highest BCUT2D eigenvalue weighted by Gasteiger charge is 2.18. The minimum atomic E-state index is -0.377. The molecule has 8 rings (SSSR count). The fraction of sp³-hybridized carbons (Fsp3) is 0. The summed E-state index contributed by atoms with van der Waals surface area (Å²) in [6, 6.07) is 35.2. The zero-order valence-electron chi connectivity index (χ0n) is 28.5. The summed E-state index contributed by atoms with van der Waals surface area (Å²) in [4.78, 5) is 0. The van der Waals surface area contributed by atoms with E-state index in [9.17, 15) is 6.85 Å². The van der Waals surface area contributed by atoms with Crippen LogP contribution in [0, 0.1) is 0 Å². The fourth-order valence-electron chi connectivity index (χ4n) is 5.73. The molecule has 0 bridgehead atoms. The molecule has 0 N–H and O–H groups in total. The van der Waals surface area contributed by atoms with E-state index in [2.05, 4.69) is 0 Å². The molecule has 0 spiro atoms. The molecular formula is C40H26. The van der Waals surface area contributed by atoms with Gasteiger partial charge in [-0.05, 0) is 94.6 Å². The van der Waals surface area contributed by atoms with E-state index >= 15 is 0 Å². The summed E-state index contributed by atoms with van der Waals surface area (Å²) >= 11 is 0. The molecule has 0 heteroatoms. The standard InChI is InChI=1S/C40H26/c1-2-10-27(11-3-1)32-22-23-37-38(26-32)40(34-21-19-29-13-5-7-15-31(29)25-34)36-17-9-8-16-35(36)39(37)33-20-18-28-12-4-6-14-30(28)24-33/h1-26H/i8D,9D,16D,17D,22D,23D,26D. The van der Waals surface area contributed by atoms with Gasteiger partial charge in [-0.1, -0.05) is 139 Å². The first kappa shape index (κ1) is 16.7. The predicted molar refractivity (Wildman–Crippen MR) is 173 cm³/mol. The average molecular weight is 514 g/mol. The summed E-state index contributed by atoms with van der Waals surface area (Å²) in [5, 5.41) is 5.11. The molecule has 8 aromatic carbocycles. The molecule has 0 unspecified atom stereocenters. The first-order valence-corrected chi connectivity index (χ1v) is 13.3. The molecule has 0 aromatic heterocycles. The predicted octanol–water partition coefficient (Wildman–Crippen LogP) is 11.3. The van der Waals surface area contributed by atoms with Crippen LogP contribution in [-0.4, -0.2) is 0 Å². The van der Waals surface area contributed by atoms with Gasteiger partial charge in [0.15, 0.2) is 0 Å². The van der Waals surface area contributed by atoms with Crippen molar-refractivity contribution in [1.29, 1.82) is 0 Å². The van der Waals surface area contributed by atoms with E-state index in [0.29, 0.717) is 44.2 Å². The molecule has 0 heterocycles. The third-order valence-corrected chi connectivity index (χ3v) is 7.64. The van der Waals surface area contributed by atoms with Crippen LogP contribution < -0.4 is 0 Å². The lowest BCUT2D eigenvalue weighted by molar-refractivity contribution is 1.64. The fourth-order valence-corrected chi connectivity index (χ4v) is 5.73. The van der Waals surface area contributed by atoms with Crippen LogP contribution in [0.3, 0.4) is 0 Å². The highest BCUT2D eigenvalue weighted by molar-refractivity contribution is 6.22. The molecule has 0 nitrogen and oxygen atoms in total. The van der Waals surface area contributed by atoms with Crippen LogP contribution in [0.5, 0.6) is 0 Å². The van der Waals surface area contributed by atoms with E-state index in [4.69, 9.17) is 2.74 Å². The van der Waals surface area contributed by atoms with Crippen molar-refractivity contribution in [3.05, 3.63) is 158 Å². The highest BCUT2D eigenvalue weighted by Crippen LogP contribution is 2.45. The van der Waals surface area contributed by atoms with E-state index in [-0.39, 0.29) is 53.1 Å². The van der Waals surface area contributed by atoms with Gasteiger partial charge in [0.05, 0.1) is 9.60 Å². The van der Waals surface area contributed by atoms with Crippen molar-refractivity contribution in [2.45, 2.75) is 0 Å². The Morgan fingerprint density at radius 2 is 0.850 bits per heavy atom. The van der Waals surface area contributed by atoms with E-state index in [1.54, 1.807) is 0 Å². The molecule has 0 fully saturated rings. The smallest absolute Gasteiger partial charge is 0.0622 e. The highest BCUT2D eigenvalue weighted by atomic mass is 14.2. The largest absolute Gasteiger partial charge is 0.0636 e. The lowest BCUT2D eigenvalue weighted by Gasteiger charge is -2.19. The second kappa shape index (κ2) is 9.22. The van der Waals surface area contributed by atoms with Crippen LogP contribution >= 0.6 is 0 Å². The SMILES string of the molecule is [2H]c1c([2H])c([2H])c2c(-c3ccc4ccccc4c3)c3c([2H])c(-c4ccccc4)c([2H])c([2H])c3c(-c3ccc4ccccc4c3)c2c1[2H].